The predicted molar refractivity (Wildman–Crippen MR) is 201 cm³/mol. The van der Waals surface area contributed by atoms with Gasteiger partial charge in [0.05, 0.1) is 24.2 Å². The third kappa shape index (κ3) is 9.98. The summed E-state index contributed by atoms with van der Waals surface area (Å²) in [7, 11) is 2.70. The van der Waals surface area contributed by atoms with Crippen LogP contribution < -0.4 is 14.4 Å². The van der Waals surface area contributed by atoms with Crippen LogP contribution in [0.1, 0.15) is 101 Å². The van der Waals surface area contributed by atoms with Crippen molar-refractivity contribution in [2.75, 3.05) is 58.5 Å². The van der Waals surface area contributed by atoms with E-state index in [0.29, 0.717) is 29.9 Å². The molecule has 2 bridgehead atoms. The Labute approximate surface area is 298 Å². The summed E-state index contributed by atoms with van der Waals surface area (Å²) in [6.07, 6.45) is 7.60. The Hall–Kier alpha value is -2.13. The maximum atomic E-state index is 13.4. The number of fused-ring (bicyclic) bond motifs is 2. The molecule has 268 valence electrons. The number of aryl methyl sites for hydroxylation is 1. The number of rotatable bonds is 8. The lowest BCUT2D eigenvalue weighted by Crippen LogP contribution is -2.44. The highest BCUT2D eigenvalue weighted by atomic mass is 35.5. The van der Waals surface area contributed by atoms with E-state index in [1.807, 2.05) is 39.0 Å². The van der Waals surface area contributed by atoms with Crippen LogP contribution in [0.2, 0.25) is 5.02 Å². The van der Waals surface area contributed by atoms with Crippen molar-refractivity contribution in [3.63, 3.8) is 0 Å². The van der Waals surface area contributed by atoms with Gasteiger partial charge < -0.3 is 19.3 Å². The van der Waals surface area contributed by atoms with E-state index in [1.165, 1.54) is 24.0 Å². The number of anilines is 1. The topological polar surface area (TPSA) is 71.1 Å². The normalized spacial score (nSPS) is 27.8. The standard InChI is InChI=1S/C37H54ClN3O4S.C2H6/c1-6-8-27-19-32(38)13-15-33(27)31-22-41-21-29-11-14-34(29)30(23-44-18-17-40(4)5)10-7-9-25(2)26(3)46(43)39-37(42)28-12-16-36(45-24-31)35(41)20-28;1-2/h12-13,15-16,19-20,25-26,29-31,34H,6-11,14,17-18,21-24H2,1-5H3,(H,39,42);1-2H3. The van der Waals surface area contributed by atoms with E-state index in [4.69, 9.17) is 21.1 Å². The van der Waals surface area contributed by atoms with Crippen LogP contribution in [0.5, 0.6) is 5.75 Å². The molecule has 1 amide bonds. The van der Waals surface area contributed by atoms with Crippen LogP contribution in [-0.4, -0.2) is 73.8 Å². The number of nitrogens with zero attached hydrogens (tertiary/aromatic N) is 2. The zero-order valence-electron chi connectivity index (χ0n) is 30.4. The van der Waals surface area contributed by atoms with Gasteiger partial charge in [0, 0.05) is 42.7 Å². The Bertz CT molecular complexity index is 1360. The van der Waals surface area contributed by atoms with Crippen molar-refractivity contribution in [2.24, 2.45) is 23.7 Å². The summed E-state index contributed by atoms with van der Waals surface area (Å²) in [6, 6.07) is 12.0. The molecular weight excluding hydrogens is 642 g/mol. The molecule has 7 nitrogen and oxygen atoms in total. The molecular formula is C39H60ClN3O4S. The molecule has 0 aromatic heterocycles. The van der Waals surface area contributed by atoms with Gasteiger partial charge in [0.15, 0.2) is 0 Å². The highest BCUT2D eigenvalue weighted by Gasteiger charge is 2.39. The Morgan fingerprint density at radius 3 is 2.56 bits per heavy atom. The second-order valence-corrected chi connectivity index (χ2v) is 16.1. The van der Waals surface area contributed by atoms with E-state index in [9.17, 15) is 9.00 Å². The van der Waals surface area contributed by atoms with E-state index in [2.05, 4.69) is 54.6 Å². The number of nitrogens with one attached hydrogen (secondary N) is 1. The van der Waals surface area contributed by atoms with Gasteiger partial charge in [-0.25, -0.2) is 4.21 Å². The van der Waals surface area contributed by atoms with Crippen molar-refractivity contribution >= 4 is 34.2 Å². The summed E-state index contributed by atoms with van der Waals surface area (Å²) < 4.78 is 28.9. The van der Waals surface area contributed by atoms with Crippen molar-refractivity contribution < 1.29 is 18.5 Å². The van der Waals surface area contributed by atoms with Crippen molar-refractivity contribution in [2.45, 2.75) is 90.7 Å². The lowest BCUT2D eigenvalue weighted by Gasteiger charge is -2.45. The zero-order chi connectivity index (χ0) is 34.8. The van der Waals surface area contributed by atoms with E-state index >= 15 is 0 Å². The largest absolute Gasteiger partial charge is 0.491 e. The summed E-state index contributed by atoms with van der Waals surface area (Å²) in [5.74, 6) is 2.54. The number of hydrogen-bond acceptors (Lipinski definition) is 6. The molecule has 0 spiro atoms. The van der Waals surface area contributed by atoms with Crippen LogP contribution in [-0.2, 0) is 22.1 Å². The van der Waals surface area contributed by atoms with E-state index < -0.39 is 11.0 Å². The molecule has 2 aliphatic heterocycles. The van der Waals surface area contributed by atoms with Gasteiger partial charge in [0.2, 0.25) is 0 Å². The average Bonchev–Trinajstić information content (AvgIpc) is 3.24. The molecule has 0 saturated heterocycles. The second kappa shape index (κ2) is 18.7. The Morgan fingerprint density at radius 2 is 1.85 bits per heavy atom. The van der Waals surface area contributed by atoms with E-state index in [0.717, 1.165) is 81.4 Å². The maximum absolute atomic E-state index is 13.4. The lowest BCUT2D eigenvalue weighted by molar-refractivity contribution is 0.0156. The van der Waals surface area contributed by atoms with Gasteiger partial charge in [-0.2, -0.15) is 0 Å². The molecule has 7 unspecified atom stereocenters. The number of likely N-dealkylation sites (N-methyl/N-ethyl adjacent to an activating group) is 1. The van der Waals surface area contributed by atoms with Crippen molar-refractivity contribution in [3.05, 3.63) is 58.1 Å². The van der Waals surface area contributed by atoms with Crippen LogP contribution in [0, 0.1) is 23.7 Å². The Balaban J connectivity index is 0.00000255. The molecule has 5 rings (SSSR count). The predicted octanol–water partition coefficient (Wildman–Crippen LogP) is 8.12. The van der Waals surface area contributed by atoms with Crippen molar-refractivity contribution in [1.82, 2.24) is 9.62 Å². The molecule has 2 aromatic carbocycles. The number of carbonyl (C=O) groups is 1. The number of amides is 1. The monoisotopic (exact) mass is 701 g/mol. The maximum Gasteiger partial charge on any atom is 0.263 e. The summed E-state index contributed by atoms with van der Waals surface area (Å²) in [6.45, 7) is 15.1. The number of halogens is 1. The minimum absolute atomic E-state index is 0.138. The van der Waals surface area contributed by atoms with Crippen LogP contribution in [0.15, 0.2) is 36.4 Å². The summed E-state index contributed by atoms with van der Waals surface area (Å²) in [5.41, 5.74) is 4.04. The fourth-order valence-electron chi connectivity index (χ4n) is 7.47. The molecule has 1 fully saturated rings. The number of benzene rings is 2. The minimum atomic E-state index is -1.48. The highest BCUT2D eigenvalue weighted by molar-refractivity contribution is 7.84. The van der Waals surface area contributed by atoms with Gasteiger partial charge >= 0.3 is 0 Å². The Morgan fingerprint density at radius 1 is 1.06 bits per heavy atom. The van der Waals surface area contributed by atoms with Gasteiger partial charge in [-0.1, -0.05) is 58.2 Å². The molecule has 1 saturated carbocycles. The summed E-state index contributed by atoms with van der Waals surface area (Å²) >= 11 is 6.45. The molecule has 48 heavy (non-hydrogen) atoms. The first-order valence-corrected chi connectivity index (χ1v) is 20.0. The minimum Gasteiger partial charge on any atom is -0.491 e. The van der Waals surface area contributed by atoms with Gasteiger partial charge in [-0.05, 0) is 118 Å². The second-order valence-electron chi connectivity index (χ2n) is 14.2. The number of carbonyl (C=O) groups excluding carboxylic acids is 1. The van der Waals surface area contributed by atoms with Gasteiger partial charge in [0.25, 0.3) is 5.91 Å². The van der Waals surface area contributed by atoms with Crippen LogP contribution in [0.3, 0.4) is 0 Å². The quantitative estimate of drug-likeness (QED) is 0.281. The SMILES string of the molecule is CC.CCCc1cc(Cl)ccc1C1COc2ccc3cc2N(C1)CC1CCC1C(COCCN(C)C)CCCC(C)C(C)S(=O)NC3=O. The molecule has 2 aromatic rings. The molecule has 3 aliphatic rings. The first kappa shape index (κ1) is 38.7. The zero-order valence-corrected chi connectivity index (χ0v) is 32.0. The van der Waals surface area contributed by atoms with Crippen molar-refractivity contribution in [1.29, 1.82) is 0 Å². The highest BCUT2D eigenvalue weighted by Crippen LogP contribution is 2.45. The van der Waals surface area contributed by atoms with Gasteiger partial charge in [-0.3, -0.25) is 9.52 Å². The Kier molecular flexibility index (Phi) is 15.1. The average molecular weight is 702 g/mol. The third-order valence-corrected chi connectivity index (χ3v) is 12.4. The smallest absolute Gasteiger partial charge is 0.263 e. The molecule has 9 heteroatoms. The van der Waals surface area contributed by atoms with Crippen LogP contribution >= 0.6 is 11.6 Å². The van der Waals surface area contributed by atoms with Crippen molar-refractivity contribution in [3.8, 4) is 5.75 Å². The van der Waals surface area contributed by atoms with Crippen LogP contribution in [0.25, 0.3) is 0 Å². The number of ether oxygens (including phenoxy) is 2. The summed E-state index contributed by atoms with van der Waals surface area (Å²) in [5, 5.41) is 0.629. The van der Waals surface area contributed by atoms with Crippen LogP contribution in [0.4, 0.5) is 5.69 Å². The number of hydrogen-bond donors (Lipinski definition) is 1. The molecule has 2 heterocycles. The lowest BCUT2D eigenvalue weighted by atomic mass is 9.65. The first-order chi connectivity index (χ1) is 23.1. The van der Waals surface area contributed by atoms with E-state index in [1.54, 1.807) is 6.07 Å². The van der Waals surface area contributed by atoms with E-state index in [-0.39, 0.29) is 23.0 Å². The summed E-state index contributed by atoms with van der Waals surface area (Å²) in [4.78, 5) is 18.1. The molecule has 1 aliphatic carbocycles. The third-order valence-electron chi connectivity index (χ3n) is 10.6. The molecule has 7 atom stereocenters. The fourth-order valence-corrected chi connectivity index (χ4v) is 8.71. The van der Waals surface area contributed by atoms with Gasteiger partial charge in [0.1, 0.15) is 16.7 Å². The van der Waals surface area contributed by atoms with Gasteiger partial charge in [-0.15, -0.1) is 0 Å². The molecule has 1 N–H and O–H groups in total. The first-order valence-electron chi connectivity index (χ1n) is 18.4. The molecule has 0 radical (unpaired) electrons. The fraction of sp³-hybridized carbons (Fsp3) is 0.667.